The van der Waals surface area contributed by atoms with Gasteiger partial charge in [-0.05, 0) is 18.0 Å². The SMILES string of the molecule is O=C(Cl)C1(Br)C=CC=CC1. The molecule has 3 heteroatoms. The lowest BCUT2D eigenvalue weighted by molar-refractivity contribution is -0.112. The van der Waals surface area contributed by atoms with Gasteiger partial charge in [0.2, 0.25) is 5.24 Å². The predicted octanol–water partition coefficient (Wildman–Crippen LogP) is 2.40. The lowest BCUT2D eigenvalue weighted by Gasteiger charge is -2.18. The Morgan fingerprint density at radius 3 is 2.60 bits per heavy atom. The highest BCUT2D eigenvalue weighted by atomic mass is 79.9. The summed E-state index contributed by atoms with van der Waals surface area (Å²) >= 11 is 8.57. The van der Waals surface area contributed by atoms with E-state index in [1.54, 1.807) is 12.2 Å². The van der Waals surface area contributed by atoms with E-state index in [0.717, 1.165) is 0 Å². The van der Waals surface area contributed by atoms with Gasteiger partial charge in [0.25, 0.3) is 0 Å². The molecule has 1 unspecified atom stereocenters. The van der Waals surface area contributed by atoms with Crippen molar-refractivity contribution in [2.45, 2.75) is 10.7 Å². The van der Waals surface area contributed by atoms with E-state index in [1.165, 1.54) is 0 Å². The summed E-state index contributed by atoms with van der Waals surface area (Å²) in [5.41, 5.74) is 0. The Balaban J connectivity index is 2.80. The van der Waals surface area contributed by atoms with E-state index in [-0.39, 0.29) is 5.24 Å². The molecular weight excluding hydrogens is 215 g/mol. The van der Waals surface area contributed by atoms with Crippen molar-refractivity contribution in [1.29, 1.82) is 0 Å². The molecule has 54 valence electrons. The van der Waals surface area contributed by atoms with Gasteiger partial charge in [0.05, 0.1) is 0 Å². The topological polar surface area (TPSA) is 17.1 Å². The van der Waals surface area contributed by atoms with E-state index in [4.69, 9.17) is 11.6 Å². The van der Waals surface area contributed by atoms with Crippen molar-refractivity contribution < 1.29 is 4.79 Å². The van der Waals surface area contributed by atoms with Crippen LogP contribution in [0.4, 0.5) is 0 Å². The molecule has 0 fully saturated rings. The number of alkyl halides is 1. The second kappa shape index (κ2) is 2.89. The van der Waals surface area contributed by atoms with Gasteiger partial charge in [0, 0.05) is 0 Å². The van der Waals surface area contributed by atoms with Crippen LogP contribution in [0.3, 0.4) is 0 Å². The minimum atomic E-state index is -0.649. The first kappa shape index (κ1) is 8.02. The van der Waals surface area contributed by atoms with E-state index in [2.05, 4.69) is 15.9 Å². The molecule has 0 saturated carbocycles. The molecule has 0 saturated heterocycles. The van der Waals surface area contributed by atoms with Crippen LogP contribution in [-0.2, 0) is 4.79 Å². The third-order valence-electron chi connectivity index (χ3n) is 1.35. The van der Waals surface area contributed by atoms with Gasteiger partial charge in [-0.2, -0.15) is 0 Å². The van der Waals surface area contributed by atoms with Crippen LogP contribution in [-0.4, -0.2) is 9.57 Å². The molecule has 0 heterocycles. The highest BCUT2D eigenvalue weighted by Gasteiger charge is 2.30. The van der Waals surface area contributed by atoms with Gasteiger partial charge in [-0.25, -0.2) is 0 Å². The van der Waals surface area contributed by atoms with Crippen molar-refractivity contribution in [1.82, 2.24) is 0 Å². The second-order valence-corrected chi connectivity index (χ2v) is 3.89. The average molecular weight is 221 g/mol. The van der Waals surface area contributed by atoms with Crippen molar-refractivity contribution in [2.24, 2.45) is 0 Å². The van der Waals surface area contributed by atoms with Gasteiger partial charge in [0.15, 0.2) is 0 Å². The van der Waals surface area contributed by atoms with E-state index in [0.29, 0.717) is 6.42 Å². The molecule has 0 spiro atoms. The lowest BCUT2D eigenvalue weighted by Crippen LogP contribution is -2.25. The molecule has 1 nitrogen and oxygen atoms in total. The lowest BCUT2D eigenvalue weighted by atomic mass is 10.0. The average Bonchev–Trinajstić information content (AvgIpc) is 1.89. The first-order chi connectivity index (χ1) is 4.65. The zero-order chi connectivity index (χ0) is 7.61. The second-order valence-electron chi connectivity index (χ2n) is 2.13. The van der Waals surface area contributed by atoms with Gasteiger partial charge in [-0.1, -0.05) is 40.2 Å². The van der Waals surface area contributed by atoms with Crippen LogP contribution in [0.25, 0.3) is 0 Å². The maximum absolute atomic E-state index is 10.8. The van der Waals surface area contributed by atoms with E-state index >= 15 is 0 Å². The molecule has 10 heavy (non-hydrogen) atoms. The predicted molar refractivity (Wildman–Crippen MR) is 45.4 cm³/mol. The molecule has 0 bridgehead atoms. The van der Waals surface area contributed by atoms with Gasteiger partial charge in [-0.15, -0.1) is 0 Å². The quantitative estimate of drug-likeness (QED) is 0.491. The molecule has 1 aliphatic carbocycles. The monoisotopic (exact) mass is 220 g/mol. The van der Waals surface area contributed by atoms with E-state index in [1.807, 2.05) is 12.2 Å². The number of carbonyl (C=O) groups excluding carboxylic acids is 1. The first-order valence-corrected chi connectivity index (χ1v) is 4.05. The zero-order valence-corrected chi connectivity index (χ0v) is 7.52. The molecule has 0 aromatic carbocycles. The maximum Gasteiger partial charge on any atom is 0.242 e. The summed E-state index contributed by atoms with van der Waals surface area (Å²) in [4.78, 5) is 10.8. The van der Waals surface area contributed by atoms with Gasteiger partial charge in [0.1, 0.15) is 4.32 Å². The molecule has 0 amide bonds. The van der Waals surface area contributed by atoms with E-state index < -0.39 is 4.32 Å². The normalized spacial score (nSPS) is 30.6. The van der Waals surface area contributed by atoms with Crippen LogP contribution in [0, 0.1) is 0 Å². The summed E-state index contributed by atoms with van der Waals surface area (Å²) in [7, 11) is 0. The fraction of sp³-hybridized carbons (Fsp3) is 0.286. The minimum Gasteiger partial charge on any atom is -0.279 e. The van der Waals surface area contributed by atoms with Crippen LogP contribution in [0.15, 0.2) is 24.3 Å². The summed E-state index contributed by atoms with van der Waals surface area (Å²) < 4.78 is -0.649. The summed E-state index contributed by atoms with van der Waals surface area (Å²) in [6.07, 6.45) is 7.97. The van der Waals surface area contributed by atoms with Gasteiger partial charge >= 0.3 is 0 Å². The molecule has 1 rings (SSSR count). The first-order valence-electron chi connectivity index (χ1n) is 2.88. The molecule has 0 radical (unpaired) electrons. The number of hydrogen-bond acceptors (Lipinski definition) is 1. The highest BCUT2D eigenvalue weighted by molar-refractivity contribution is 9.10. The summed E-state index contributed by atoms with van der Waals surface area (Å²) in [5, 5.41) is -0.367. The Labute approximate surface area is 72.9 Å². The third kappa shape index (κ3) is 1.50. The van der Waals surface area contributed by atoms with Crippen LogP contribution in [0.5, 0.6) is 0 Å². The molecule has 1 aliphatic rings. The van der Waals surface area contributed by atoms with Crippen molar-refractivity contribution in [3.05, 3.63) is 24.3 Å². The van der Waals surface area contributed by atoms with Crippen LogP contribution in [0.1, 0.15) is 6.42 Å². The number of halogens is 2. The van der Waals surface area contributed by atoms with Gasteiger partial charge in [-0.3, -0.25) is 4.79 Å². The Morgan fingerprint density at radius 2 is 2.30 bits per heavy atom. The van der Waals surface area contributed by atoms with Crippen molar-refractivity contribution in [3.8, 4) is 0 Å². The third-order valence-corrected chi connectivity index (χ3v) is 2.86. The Bertz CT molecular complexity index is 210. The summed E-state index contributed by atoms with van der Waals surface area (Å²) in [6.45, 7) is 0. The van der Waals surface area contributed by atoms with Crippen LogP contribution >= 0.6 is 27.5 Å². The zero-order valence-electron chi connectivity index (χ0n) is 5.18. The summed E-state index contributed by atoms with van der Waals surface area (Å²) in [6, 6.07) is 0. The molecule has 0 aromatic heterocycles. The number of allylic oxidation sites excluding steroid dienone is 4. The van der Waals surface area contributed by atoms with Gasteiger partial charge < -0.3 is 0 Å². The molecule has 0 aliphatic heterocycles. The van der Waals surface area contributed by atoms with E-state index in [9.17, 15) is 4.79 Å². The fourth-order valence-corrected chi connectivity index (χ4v) is 1.22. The fourth-order valence-electron chi connectivity index (χ4n) is 0.740. The number of rotatable bonds is 1. The van der Waals surface area contributed by atoms with Crippen molar-refractivity contribution in [3.63, 3.8) is 0 Å². The largest absolute Gasteiger partial charge is 0.279 e. The minimum absolute atomic E-state index is 0.367. The van der Waals surface area contributed by atoms with Crippen LogP contribution < -0.4 is 0 Å². The Hall–Kier alpha value is -0.0800. The van der Waals surface area contributed by atoms with Crippen molar-refractivity contribution >= 4 is 32.8 Å². The van der Waals surface area contributed by atoms with Crippen LogP contribution in [0.2, 0.25) is 0 Å². The standard InChI is InChI=1S/C7H6BrClO/c8-7(6(9)10)4-2-1-3-5-7/h1-4H,5H2. The van der Waals surface area contributed by atoms with Crippen molar-refractivity contribution in [2.75, 3.05) is 0 Å². The molecular formula is C7H6BrClO. The molecule has 1 atom stereocenters. The smallest absolute Gasteiger partial charge is 0.242 e. The number of hydrogen-bond donors (Lipinski definition) is 0. The summed E-state index contributed by atoms with van der Waals surface area (Å²) in [5.74, 6) is 0. The Kier molecular flexibility index (Phi) is 2.32. The Morgan fingerprint density at radius 1 is 1.60 bits per heavy atom. The molecule has 0 N–H and O–H groups in total. The molecule has 0 aromatic rings. The highest BCUT2D eigenvalue weighted by Crippen LogP contribution is 2.30. The number of carbonyl (C=O) groups is 1. The maximum atomic E-state index is 10.8.